The van der Waals surface area contributed by atoms with Crippen LogP contribution < -0.4 is 0 Å². The first-order valence-electron chi connectivity index (χ1n) is 5.91. The van der Waals surface area contributed by atoms with Crippen LogP contribution in [0, 0.1) is 6.92 Å². The number of aliphatic hydroxyl groups is 1. The molecule has 108 valence electrons. The Kier molecular flexibility index (Phi) is 6.46. The molecule has 1 N–H and O–H groups in total. The highest BCUT2D eigenvalue weighted by molar-refractivity contribution is 9.11. The molecular formula is C12H17Br2NO3S. The van der Waals surface area contributed by atoms with E-state index in [0.29, 0.717) is 24.0 Å². The molecule has 0 aliphatic rings. The maximum atomic E-state index is 12.5. The van der Waals surface area contributed by atoms with Gasteiger partial charge >= 0.3 is 0 Å². The second-order valence-electron chi connectivity index (χ2n) is 4.11. The van der Waals surface area contributed by atoms with E-state index >= 15 is 0 Å². The zero-order valence-corrected chi connectivity index (χ0v) is 14.8. The number of aliphatic hydroxyl groups excluding tert-OH is 1. The molecule has 1 aromatic rings. The van der Waals surface area contributed by atoms with Crippen molar-refractivity contribution in [1.29, 1.82) is 0 Å². The van der Waals surface area contributed by atoms with Crippen molar-refractivity contribution in [3.8, 4) is 0 Å². The van der Waals surface area contributed by atoms with Gasteiger partial charge in [0.1, 0.15) is 0 Å². The fourth-order valence-electron chi connectivity index (χ4n) is 1.66. The molecule has 4 nitrogen and oxygen atoms in total. The van der Waals surface area contributed by atoms with Gasteiger partial charge in [-0.15, -0.1) is 0 Å². The number of hydrogen-bond acceptors (Lipinski definition) is 3. The molecule has 0 radical (unpaired) electrons. The number of rotatable bonds is 6. The summed E-state index contributed by atoms with van der Waals surface area (Å²) in [5.74, 6) is 0. The van der Waals surface area contributed by atoms with Crippen molar-refractivity contribution in [3.05, 3.63) is 26.6 Å². The van der Waals surface area contributed by atoms with Gasteiger partial charge in [-0.05, 0) is 47.0 Å². The quantitative estimate of drug-likeness (QED) is 0.778. The van der Waals surface area contributed by atoms with Gasteiger partial charge < -0.3 is 5.11 Å². The molecule has 0 aliphatic heterocycles. The highest BCUT2D eigenvalue weighted by atomic mass is 79.9. The van der Waals surface area contributed by atoms with Crippen molar-refractivity contribution in [2.45, 2.75) is 25.2 Å². The van der Waals surface area contributed by atoms with Gasteiger partial charge in [-0.3, -0.25) is 0 Å². The van der Waals surface area contributed by atoms with Crippen molar-refractivity contribution in [2.75, 3.05) is 19.7 Å². The summed E-state index contributed by atoms with van der Waals surface area (Å²) >= 11 is 6.66. The molecule has 0 heterocycles. The fraction of sp³-hybridized carbons (Fsp3) is 0.500. The summed E-state index contributed by atoms with van der Waals surface area (Å²) in [7, 11) is -3.55. The van der Waals surface area contributed by atoms with Gasteiger partial charge in [0.05, 0.1) is 4.90 Å². The minimum absolute atomic E-state index is 0.0230. The normalized spacial score (nSPS) is 12.1. The molecule has 0 saturated heterocycles. The molecule has 0 unspecified atom stereocenters. The first-order valence-corrected chi connectivity index (χ1v) is 8.93. The smallest absolute Gasteiger partial charge is 0.244 e. The summed E-state index contributed by atoms with van der Waals surface area (Å²) < 4.78 is 27.8. The van der Waals surface area contributed by atoms with E-state index in [1.807, 2.05) is 6.92 Å². The van der Waals surface area contributed by atoms with E-state index in [0.717, 1.165) is 10.0 Å². The lowest BCUT2D eigenvalue weighted by molar-refractivity contribution is 0.271. The highest BCUT2D eigenvalue weighted by Crippen LogP contribution is 2.30. The predicted octanol–water partition coefficient (Wildman–Crippen LogP) is 2.91. The molecule has 0 atom stereocenters. The van der Waals surface area contributed by atoms with Crippen LogP contribution in [0.2, 0.25) is 0 Å². The molecule has 1 aromatic carbocycles. The Morgan fingerprint density at radius 1 is 1.26 bits per heavy atom. The Balaban J connectivity index is 3.22. The molecule has 0 aliphatic carbocycles. The topological polar surface area (TPSA) is 57.6 Å². The summed E-state index contributed by atoms with van der Waals surface area (Å²) in [5, 5.41) is 8.84. The highest BCUT2D eigenvalue weighted by Gasteiger charge is 2.25. The van der Waals surface area contributed by atoms with Crippen molar-refractivity contribution in [1.82, 2.24) is 4.31 Å². The molecule has 1 rings (SSSR count). The molecule has 0 bridgehead atoms. The van der Waals surface area contributed by atoms with Crippen LogP contribution in [0.25, 0.3) is 0 Å². The minimum Gasteiger partial charge on any atom is -0.396 e. The van der Waals surface area contributed by atoms with E-state index in [1.54, 1.807) is 19.1 Å². The lowest BCUT2D eigenvalue weighted by Gasteiger charge is -2.21. The monoisotopic (exact) mass is 413 g/mol. The number of benzene rings is 1. The van der Waals surface area contributed by atoms with Gasteiger partial charge in [0.25, 0.3) is 0 Å². The average molecular weight is 415 g/mol. The molecule has 0 saturated carbocycles. The van der Waals surface area contributed by atoms with E-state index < -0.39 is 10.0 Å². The Morgan fingerprint density at radius 3 is 2.42 bits per heavy atom. The lowest BCUT2D eigenvalue weighted by Crippen LogP contribution is -2.32. The van der Waals surface area contributed by atoms with Crippen LogP contribution in [0.3, 0.4) is 0 Å². The van der Waals surface area contributed by atoms with E-state index in [9.17, 15) is 8.42 Å². The van der Waals surface area contributed by atoms with Gasteiger partial charge in [0, 0.05) is 28.6 Å². The second-order valence-corrected chi connectivity index (χ2v) is 7.72. The van der Waals surface area contributed by atoms with Crippen LogP contribution in [0.1, 0.15) is 18.9 Å². The lowest BCUT2D eigenvalue weighted by atomic mass is 10.2. The van der Waals surface area contributed by atoms with Crippen LogP contribution >= 0.6 is 31.9 Å². The van der Waals surface area contributed by atoms with Gasteiger partial charge in [-0.2, -0.15) is 4.31 Å². The number of hydrogen-bond donors (Lipinski definition) is 1. The number of aryl methyl sites for hydroxylation is 1. The molecular weight excluding hydrogens is 398 g/mol. The summed E-state index contributed by atoms with van der Waals surface area (Å²) in [4.78, 5) is 0.241. The standard InChI is InChI=1S/C12H17Br2NO3S/c1-3-15(5-4-6-16)19(17,18)12-8-10(13)9(2)7-11(12)14/h7-8,16H,3-6H2,1-2H3. The van der Waals surface area contributed by atoms with E-state index in [2.05, 4.69) is 31.9 Å². The van der Waals surface area contributed by atoms with Crippen molar-refractivity contribution < 1.29 is 13.5 Å². The summed E-state index contributed by atoms with van der Waals surface area (Å²) in [6.45, 7) is 4.35. The van der Waals surface area contributed by atoms with Crippen LogP contribution in [-0.2, 0) is 10.0 Å². The Bertz CT molecular complexity index is 546. The molecule has 19 heavy (non-hydrogen) atoms. The SMILES string of the molecule is CCN(CCCO)S(=O)(=O)c1cc(Br)c(C)cc1Br. The first kappa shape index (κ1) is 17.1. The van der Waals surface area contributed by atoms with Crippen LogP contribution in [0.4, 0.5) is 0 Å². The van der Waals surface area contributed by atoms with Crippen LogP contribution in [-0.4, -0.2) is 37.5 Å². The second kappa shape index (κ2) is 7.17. The van der Waals surface area contributed by atoms with Crippen molar-refractivity contribution >= 4 is 41.9 Å². The molecule has 0 aromatic heterocycles. The maximum absolute atomic E-state index is 12.5. The molecule has 7 heteroatoms. The summed E-state index contributed by atoms with van der Waals surface area (Å²) in [6, 6.07) is 3.38. The van der Waals surface area contributed by atoms with E-state index in [-0.39, 0.29) is 11.5 Å². The van der Waals surface area contributed by atoms with Gasteiger partial charge in [-0.1, -0.05) is 22.9 Å². The van der Waals surface area contributed by atoms with Gasteiger partial charge in [0.2, 0.25) is 10.0 Å². The van der Waals surface area contributed by atoms with E-state index in [1.165, 1.54) is 4.31 Å². The zero-order chi connectivity index (χ0) is 14.6. The maximum Gasteiger partial charge on any atom is 0.244 e. The van der Waals surface area contributed by atoms with Crippen molar-refractivity contribution in [2.24, 2.45) is 0 Å². The molecule has 0 spiro atoms. The third-order valence-electron chi connectivity index (χ3n) is 2.75. The number of sulfonamides is 1. The summed E-state index contributed by atoms with van der Waals surface area (Å²) in [5.41, 5.74) is 0.962. The van der Waals surface area contributed by atoms with E-state index in [4.69, 9.17) is 5.11 Å². The Morgan fingerprint density at radius 2 is 1.89 bits per heavy atom. The largest absolute Gasteiger partial charge is 0.396 e. The van der Waals surface area contributed by atoms with Crippen LogP contribution in [0.15, 0.2) is 26.0 Å². The van der Waals surface area contributed by atoms with Gasteiger partial charge in [-0.25, -0.2) is 8.42 Å². The fourth-order valence-corrected chi connectivity index (χ4v) is 4.79. The molecule has 0 amide bonds. The zero-order valence-electron chi connectivity index (χ0n) is 10.9. The number of halogens is 2. The predicted molar refractivity (Wildman–Crippen MR) is 82.7 cm³/mol. The average Bonchev–Trinajstić information content (AvgIpc) is 2.34. The van der Waals surface area contributed by atoms with Crippen LogP contribution in [0.5, 0.6) is 0 Å². The van der Waals surface area contributed by atoms with Gasteiger partial charge in [0.15, 0.2) is 0 Å². The third kappa shape index (κ3) is 4.01. The Hall–Kier alpha value is 0.0500. The minimum atomic E-state index is -3.55. The molecule has 0 fully saturated rings. The summed E-state index contributed by atoms with van der Waals surface area (Å²) in [6.07, 6.45) is 0.428. The number of nitrogens with zero attached hydrogens (tertiary/aromatic N) is 1. The van der Waals surface area contributed by atoms with Crippen molar-refractivity contribution in [3.63, 3.8) is 0 Å². The first-order chi connectivity index (χ1) is 8.84. The Labute approximate surface area is 131 Å². The third-order valence-corrected chi connectivity index (χ3v) is 6.54.